The molecule has 1 aliphatic carbocycles. The molecule has 1 aromatic rings. The molecule has 2 aliphatic rings. The van der Waals surface area contributed by atoms with Crippen LogP contribution in [-0.4, -0.2) is 60.0 Å². The first-order valence-corrected chi connectivity index (χ1v) is 8.79. The van der Waals surface area contributed by atoms with Crippen LogP contribution in [0.1, 0.15) is 19.8 Å². The highest BCUT2D eigenvalue weighted by molar-refractivity contribution is 5.97. The molecule has 1 aliphatic heterocycles. The van der Waals surface area contributed by atoms with E-state index in [-0.39, 0.29) is 23.7 Å². The van der Waals surface area contributed by atoms with E-state index >= 15 is 0 Å². The highest BCUT2D eigenvalue weighted by atomic mass is 16.6. The number of nitrogens with one attached hydrogen (secondary N) is 2. The first-order chi connectivity index (χ1) is 12.4. The third-order valence-corrected chi connectivity index (χ3v) is 4.82. The van der Waals surface area contributed by atoms with Crippen molar-refractivity contribution in [2.24, 2.45) is 0 Å². The molecule has 3 amide bonds. The van der Waals surface area contributed by atoms with Crippen molar-refractivity contribution in [3.8, 4) is 0 Å². The molecule has 1 saturated carbocycles. The van der Waals surface area contributed by atoms with Gasteiger partial charge in [0.1, 0.15) is 0 Å². The number of piperazine rings is 1. The van der Waals surface area contributed by atoms with E-state index in [1.54, 1.807) is 19.1 Å². The molecule has 140 valence electrons. The van der Waals surface area contributed by atoms with Gasteiger partial charge in [-0.25, -0.2) is 4.79 Å². The lowest BCUT2D eigenvalue weighted by atomic mass is 10.2. The van der Waals surface area contributed by atoms with Crippen LogP contribution in [0.25, 0.3) is 0 Å². The molecule has 1 atom stereocenters. The first-order valence-electron chi connectivity index (χ1n) is 8.79. The molecule has 2 N–H and O–H groups in total. The molecule has 1 unspecified atom stereocenters. The van der Waals surface area contributed by atoms with Crippen LogP contribution in [0.15, 0.2) is 24.3 Å². The van der Waals surface area contributed by atoms with Crippen LogP contribution >= 0.6 is 0 Å². The average molecular weight is 361 g/mol. The predicted octanol–water partition coefficient (Wildman–Crippen LogP) is 1.09. The van der Waals surface area contributed by atoms with Crippen LogP contribution in [0.3, 0.4) is 0 Å². The lowest BCUT2D eigenvalue weighted by Gasteiger charge is -2.38. The number of nitro groups is 1. The van der Waals surface area contributed by atoms with Gasteiger partial charge in [0.05, 0.1) is 11.0 Å². The quantitative estimate of drug-likeness (QED) is 0.600. The van der Waals surface area contributed by atoms with Gasteiger partial charge in [-0.15, -0.1) is 0 Å². The number of anilines is 1. The van der Waals surface area contributed by atoms with E-state index < -0.39 is 11.0 Å². The molecule has 0 spiro atoms. The van der Waals surface area contributed by atoms with Crippen LogP contribution in [0, 0.1) is 10.1 Å². The Kier molecular flexibility index (Phi) is 5.36. The second kappa shape index (κ2) is 7.69. The molecule has 0 bridgehead atoms. The van der Waals surface area contributed by atoms with E-state index in [1.165, 1.54) is 12.1 Å². The fourth-order valence-corrected chi connectivity index (χ4v) is 2.98. The zero-order valence-electron chi connectivity index (χ0n) is 14.7. The maximum atomic E-state index is 12.2. The van der Waals surface area contributed by atoms with Crippen LogP contribution in [-0.2, 0) is 4.79 Å². The van der Waals surface area contributed by atoms with Gasteiger partial charge in [-0.05, 0) is 31.9 Å². The van der Waals surface area contributed by atoms with E-state index in [0.29, 0.717) is 26.2 Å². The fraction of sp³-hybridized carbons (Fsp3) is 0.529. The van der Waals surface area contributed by atoms with Crippen LogP contribution < -0.4 is 15.5 Å². The van der Waals surface area contributed by atoms with Crippen molar-refractivity contribution in [3.63, 3.8) is 0 Å². The molecular weight excluding hydrogens is 338 g/mol. The Morgan fingerprint density at radius 1 is 1.15 bits per heavy atom. The summed E-state index contributed by atoms with van der Waals surface area (Å²) in [6.45, 7) is 4.57. The van der Waals surface area contributed by atoms with Gasteiger partial charge >= 0.3 is 6.03 Å². The lowest BCUT2D eigenvalue weighted by molar-refractivity contribution is -0.384. The number of nitro benzene ring substituents is 1. The Labute approximate surface area is 151 Å². The van der Waals surface area contributed by atoms with Crippen molar-refractivity contribution in [2.45, 2.75) is 31.8 Å². The maximum absolute atomic E-state index is 12.2. The summed E-state index contributed by atoms with van der Waals surface area (Å²) in [6.07, 6.45) is 1.95. The summed E-state index contributed by atoms with van der Waals surface area (Å²) in [4.78, 5) is 38.4. The molecular formula is C17H23N5O4. The number of carbonyl (C=O) groups excluding carboxylic acids is 2. The van der Waals surface area contributed by atoms with Gasteiger partial charge in [-0.2, -0.15) is 0 Å². The normalized spacial score (nSPS) is 18.9. The van der Waals surface area contributed by atoms with Gasteiger partial charge in [-0.3, -0.25) is 25.1 Å². The number of urea groups is 1. The minimum atomic E-state index is -0.422. The number of hydrogen-bond acceptors (Lipinski definition) is 6. The Morgan fingerprint density at radius 3 is 2.31 bits per heavy atom. The first kappa shape index (κ1) is 18.1. The van der Waals surface area contributed by atoms with E-state index in [2.05, 4.69) is 15.5 Å². The molecule has 9 heteroatoms. The minimum Gasteiger partial charge on any atom is -0.369 e. The summed E-state index contributed by atoms with van der Waals surface area (Å²) >= 11 is 0. The number of amides is 3. The van der Waals surface area contributed by atoms with Crippen molar-refractivity contribution >= 4 is 23.3 Å². The summed E-state index contributed by atoms with van der Waals surface area (Å²) in [5.74, 6) is -0.299. The number of imide groups is 1. The summed E-state index contributed by atoms with van der Waals surface area (Å²) in [5, 5.41) is 15.9. The Bertz CT molecular complexity index is 681. The summed E-state index contributed by atoms with van der Waals surface area (Å²) in [6, 6.07) is 5.88. The van der Waals surface area contributed by atoms with E-state index in [9.17, 15) is 19.7 Å². The second-order valence-corrected chi connectivity index (χ2v) is 6.71. The minimum absolute atomic E-state index is 0.0714. The highest BCUT2D eigenvalue weighted by Crippen LogP contribution is 2.21. The maximum Gasteiger partial charge on any atom is 0.321 e. The van der Waals surface area contributed by atoms with Gasteiger partial charge in [0.25, 0.3) is 5.69 Å². The predicted molar refractivity (Wildman–Crippen MR) is 96.0 cm³/mol. The zero-order valence-corrected chi connectivity index (χ0v) is 14.7. The van der Waals surface area contributed by atoms with E-state index in [4.69, 9.17) is 0 Å². The fourth-order valence-electron chi connectivity index (χ4n) is 2.98. The lowest BCUT2D eigenvalue weighted by Crippen LogP contribution is -2.55. The summed E-state index contributed by atoms with van der Waals surface area (Å²) in [7, 11) is 0. The SMILES string of the molecule is CC(C(=O)NC(=O)NC1CC1)N1CCN(c2ccc([N+](=O)[O-])cc2)CC1. The van der Waals surface area contributed by atoms with Crippen molar-refractivity contribution in [3.05, 3.63) is 34.4 Å². The molecule has 1 aromatic carbocycles. The monoisotopic (exact) mass is 361 g/mol. The molecule has 0 aromatic heterocycles. The third kappa shape index (κ3) is 4.48. The smallest absolute Gasteiger partial charge is 0.321 e. The number of hydrogen-bond donors (Lipinski definition) is 2. The number of benzene rings is 1. The van der Waals surface area contributed by atoms with Gasteiger partial charge in [-0.1, -0.05) is 0 Å². The van der Waals surface area contributed by atoms with Crippen LogP contribution in [0.2, 0.25) is 0 Å². The molecule has 9 nitrogen and oxygen atoms in total. The summed E-state index contributed by atoms with van der Waals surface area (Å²) < 4.78 is 0. The molecule has 1 heterocycles. The molecule has 0 radical (unpaired) electrons. The van der Waals surface area contributed by atoms with Crippen LogP contribution in [0.4, 0.5) is 16.2 Å². The second-order valence-electron chi connectivity index (χ2n) is 6.71. The van der Waals surface area contributed by atoms with Gasteiger partial charge in [0.15, 0.2) is 0 Å². The highest BCUT2D eigenvalue weighted by Gasteiger charge is 2.28. The molecule has 3 rings (SSSR count). The molecule has 26 heavy (non-hydrogen) atoms. The molecule has 2 fully saturated rings. The number of nitrogens with zero attached hydrogens (tertiary/aromatic N) is 3. The van der Waals surface area contributed by atoms with Gasteiger partial charge in [0.2, 0.25) is 5.91 Å². The Balaban J connectivity index is 1.48. The standard InChI is InChI=1S/C17H23N5O4/c1-12(16(23)19-17(24)18-13-2-3-13)20-8-10-21(11-9-20)14-4-6-15(7-5-14)22(25)26/h4-7,12-13H,2-3,8-11H2,1H3,(H2,18,19,23,24). The largest absolute Gasteiger partial charge is 0.369 e. The van der Waals surface area contributed by atoms with Crippen molar-refractivity contribution in [2.75, 3.05) is 31.1 Å². The topological polar surface area (TPSA) is 108 Å². The van der Waals surface area contributed by atoms with Crippen molar-refractivity contribution in [1.82, 2.24) is 15.5 Å². The van der Waals surface area contributed by atoms with E-state index in [1.807, 2.05) is 4.90 Å². The zero-order chi connectivity index (χ0) is 18.7. The number of rotatable bonds is 5. The van der Waals surface area contributed by atoms with Crippen molar-refractivity contribution < 1.29 is 14.5 Å². The van der Waals surface area contributed by atoms with Gasteiger partial charge < -0.3 is 10.2 Å². The Morgan fingerprint density at radius 2 is 1.77 bits per heavy atom. The van der Waals surface area contributed by atoms with Crippen molar-refractivity contribution in [1.29, 1.82) is 0 Å². The third-order valence-electron chi connectivity index (χ3n) is 4.82. The van der Waals surface area contributed by atoms with Gasteiger partial charge in [0, 0.05) is 50.0 Å². The van der Waals surface area contributed by atoms with Crippen LogP contribution in [0.5, 0.6) is 0 Å². The number of non-ortho nitro benzene ring substituents is 1. The number of carbonyl (C=O) groups is 2. The Hall–Kier alpha value is -2.68. The average Bonchev–Trinajstić information content (AvgIpc) is 3.45. The van der Waals surface area contributed by atoms with E-state index in [0.717, 1.165) is 18.5 Å². The molecule has 1 saturated heterocycles. The summed E-state index contributed by atoms with van der Waals surface area (Å²) in [5.41, 5.74) is 0.998.